The maximum Gasteiger partial charge on any atom is 0.336 e. The summed E-state index contributed by atoms with van der Waals surface area (Å²) in [5.41, 5.74) is 3.10. The highest BCUT2D eigenvalue weighted by Crippen LogP contribution is 2.45. The topological polar surface area (TPSA) is 72.1 Å². The second-order valence-corrected chi connectivity index (χ2v) is 11.0. The van der Waals surface area contributed by atoms with Crippen LogP contribution in [0, 0.1) is 12.8 Å². The van der Waals surface area contributed by atoms with Gasteiger partial charge in [0.1, 0.15) is 11.3 Å². The van der Waals surface area contributed by atoms with E-state index in [2.05, 4.69) is 29.7 Å². The average Bonchev–Trinajstić information content (AvgIpc) is 3.63. The molecule has 36 heavy (non-hydrogen) atoms. The molecule has 1 fully saturated rings. The van der Waals surface area contributed by atoms with Gasteiger partial charge >= 0.3 is 5.63 Å². The molecule has 2 aliphatic rings. The second-order valence-electron chi connectivity index (χ2n) is 9.06. The molecule has 1 aliphatic carbocycles. The van der Waals surface area contributed by atoms with Gasteiger partial charge in [0.2, 0.25) is 0 Å². The first-order valence-corrected chi connectivity index (χ1v) is 13.7. The lowest BCUT2D eigenvalue weighted by Crippen LogP contribution is -2.34. The van der Waals surface area contributed by atoms with E-state index >= 15 is 0 Å². The molecule has 2 atom stereocenters. The summed E-state index contributed by atoms with van der Waals surface area (Å²) in [7, 11) is 0. The third-order valence-electron chi connectivity index (χ3n) is 6.74. The smallest absolute Gasteiger partial charge is 0.336 e. The fourth-order valence-corrected chi connectivity index (χ4v) is 6.65. The zero-order chi connectivity index (χ0) is 24.6. The van der Waals surface area contributed by atoms with Gasteiger partial charge in [0.25, 0.3) is 5.91 Å². The molecule has 4 heterocycles. The van der Waals surface area contributed by atoms with Gasteiger partial charge in [-0.2, -0.15) is 5.10 Å². The van der Waals surface area contributed by atoms with E-state index in [1.165, 1.54) is 16.5 Å². The Morgan fingerprint density at radius 3 is 2.86 bits per heavy atom. The number of benzene rings is 1. The summed E-state index contributed by atoms with van der Waals surface area (Å²) in [5.74, 6) is 0.446. The number of fused-ring (bicyclic) bond motifs is 2. The van der Waals surface area contributed by atoms with Crippen molar-refractivity contribution in [2.45, 2.75) is 32.2 Å². The van der Waals surface area contributed by atoms with Crippen LogP contribution in [-0.2, 0) is 4.79 Å². The lowest BCUT2D eigenvalue weighted by Gasteiger charge is -2.28. The van der Waals surface area contributed by atoms with Crippen LogP contribution in [0.5, 0.6) is 5.75 Å². The molecule has 1 amide bonds. The number of nitrogens with zero attached hydrogens (tertiary/aromatic N) is 2. The van der Waals surface area contributed by atoms with E-state index in [1.807, 2.05) is 24.4 Å². The molecule has 0 radical (unpaired) electrons. The van der Waals surface area contributed by atoms with Gasteiger partial charge in [-0.1, -0.05) is 12.1 Å². The Bertz CT molecular complexity index is 1530. The van der Waals surface area contributed by atoms with Gasteiger partial charge in [-0.25, -0.2) is 9.80 Å². The van der Waals surface area contributed by atoms with Crippen molar-refractivity contribution < 1.29 is 13.9 Å². The highest BCUT2D eigenvalue weighted by molar-refractivity contribution is 7.11. The van der Waals surface area contributed by atoms with E-state index < -0.39 is 5.63 Å². The minimum Gasteiger partial charge on any atom is -0.484 e. The zero-order valence-electron chi connectivity index (χ0n) is 19.7. The fourth-order valence-electron chi connectivity index (χ4n) is 5.10. The van der Waals surface area contributed by atoms with E-state index in [9.17, 15) is 9.59 Å². The van der Waals surface area contributed by atoms with Crippen molar-refractivity contribution in [3.63, 3.8) is 0 Å². The lowest BCUT2D eigenvalue weighted by molar-refractivity contribution is -0.135. The van der Waals surface area contributed by atoms with Gasteiger partial charge in [0.05, 0.1) is 11.8 Å². The van der Waals surface area contributed by atoms with Gasteiger partial charge in [-0.3, -0.25) is 4.79 Å². The van der Waals surface area contributed by atoms with Crippen molar-refractivity contribution in [2.24, 2.45) is 11.0 Å². The first-order valence-electron chi connectivity index (χ1n) is 11.9. The van der Waals surface area contributed by atoms with Gasteiger partial charge in [-0.05, 0) is 78.4 Å². The van der Waals surface area contributed by atoms with E-state index in [-0.39, 0.29) is 24.5 Å². The minimum absolute atomic E-state index is 0.125. The number of amides is 1. The molecule has 0 spiro atoms. The first-order chi connectivity index (χ1) is 17.6. The zero-order valence-corrected chi connectivity index (χ0v) is 21.3. The Morgan fingerprint density at radius 1 is 1.19 bits per heavy atom. The van der Waals surface area contributed by atoms with Gasteiger partial charge in [0.15, 0.2) is 6.61 Å². The molecule has 182 valence electrons. The van der Waals surface area contributed by atoms with Crippen molar-refractivity contribution in [3.8, 4) is 5.75 Å². The Kier molecular flexibility index (Phi) is 6.07. The Labute approximate surface area is 216 Å². The lowest BCUT2D eigenvalue weighted by atomic mass is 9.79. The number of thiophene rings is 2. The highest BCUT2D eigenvalue weighted by atomic mass is 32.1. The Morgan fingerprint density at radius 2 is 2.06 bits per heavy atom. The quantitative estimate of drug-likeness (QED) is 0.287. The molecule has 1 saturated carbocycles. The summed E-state index contributed by atoms with van der Waals surface area (Å²) in [6.07, 6.45) is 5.25. The molecule has 3 aromatic heterocycles. The summed E-state index contributed by atoms with van der Waals surface area (Å²) in [6, 6.07) is 14.9. The van der Waals surface area contributed by atoms with Crippen LogP contribution in [0.15, 0.2) is 79.2 Å². The summed E-state index contributed by atoms with van der Waals surface area (Å²) in [6.45, 7) is 1.71. The minimum atomic E-state index is -0.408. The maximum atomic E-state index is 13.5. The van der Waals surface area contributed by atoms with Crippen LogP contribution in [0.1, 0.15) is 40.6 Å². The summed E-state index contributed by atoms with van der Waals surface area (Å²) >= 11 is 3.36. The molecule has 6 nitrogen and oxygen atoms in total. The molecule has 0 unspecified atom stereocenters. The van der Waals surface area contributed by atoms with Crippen molar-refractivity contribution in [1.82, 2.24) is 5.01 Å². The highest BCUT2D eigenvalue weighted by Gasteiger charge is 2.44. The van der Waals surface area contributed by atoms with Crippen LogP contribution < -0.4 is 10.4 Å². The van der Waals surface area contributed by atoms with Crippen molar-refractivity contribution in [3.05, 3.63) is 90.6 Å². The largest absolute Gasteiger partial charge is 0.484 e. The molecule has 0 saturated heterocycles. The number of aryl methyl sites for hydroxylation is 1. The van der Waals surface area contributed by atoms with E-state index in [1.54, 1.807) is 39.8 Å². The van der Waals surface area contributed by atoms with Crippen LogP contribution in [0.3, 0.4) is 0 Å². The van der Waals surface area contributed by atoms with Crippen molar-refractivity contribution in [1.29, 1.82) is 0 Å². The maximum absolute atomic E-state index is 13.5. The SMILES string of the molecule is Cc1cc(=O)oc2cc(OCC(=O)N3N=C4/C(=C\c5cccs5)CCC[C@H]4[C@@H]3c3cccs3)ccc12. The van der Waals surface area contributed by atoms with Crippen LogP contribution in [0.2, 0.25) is 0 Å². The average molecular weight is 517 g/mol. The van der Waals surface area contributed by atoms with Crippen LogP contribution in [-0.4, -0.2) is 23.2 Å². The summed E-state index contributed by atoms with van der Waals surface area (Å²) < 4.78 is 11.2. The predicted molar refractivity (Wildman–Crippen MR) is 144 cm³/mol. The van der Waals surface area contributed by atoms with Gasteiger partial charge < -0.3 is 9.15 Å². The number of hydrogen-bond acceptors (Lipinski definition) is 7. The normalized spacial score (nSPS) is 20.5. The van der Waals surface area contributed by atoms with Crippen LogP contribution in [0.4, 0.5) is 0 Å². The molecule has 0 bridgehead atoms. The number of carbonyl (C=O) groups excluding carboxylic acids is 1. The third kappa shape index (κ3) is 4.31. The predicted octanol–water partition coefficient (Wildman–Crippen LogP) is 6.43. The number of carbonyl (C=O) groups is 1. The summed E-state index contributed by atoms with van der Waals surface area (Å²) in [4.78, 5) is 27.6. The number of hydrogen-bond donors (Lipinski definition) is 0. The first kappa shape index (κ1) is 22.9. The molecular weight excluding hydrogens is 492 g/mol. The van der Waals surface area contributed by atoms with E-state index in [4.69, 9.17) is 14.3 Å². The monoisotopic (exact) mass is 516 g/mol. The standard InChI is InChI=1S/C28H24N2O4S2/c1-17-13-26(32)34-23-15-19(9-10-21(17)23)33-16-25(31)30-28(24-8-4-12-36-24)22-7-2-5-18(27(22)29-30)14-20-6-3-11-35-20/h3-4,6,8-15,22,28H,2,5,7,16H2,1H3/b18-14-/t22-,28-/m1/s1. The van der Waals surface area contributed by atoms with Crippen molar-refractivity contribution in [2.75, 3.05) is 6.61 Å². The van der Waals surface area contributed by atoms with Crippen LogP contribution >= 0.6 is 22.7 Å². The number of ether oxygens (including phenoxy) is 1. The molecule has 1 aromatic carbocycles. The molecule has 8 heteroatoms. The van der Waals surface area contributed by atoms with Gasteiger partial charge in [-0.15, -0.1) is 22.7 Å². The van der Waals surface area contributed by atoms with Crippen molar-refractivity contribution >= 4 is 51.3 Å². The Balaban J connectivity index is 1.28. The molecule has 6 rings (SSSR count). The van der Waals surface area contributed by atoms with Gasteiger partial charge in [0, 0.05) is 33.2 Å². The number of rotatable bonds is 5. The number of allylic oxidation sites excluding steroid dienone is 1. The molecule has 4 aromatic rings. The Hall–Kier alpha value is -3.49. The number of hydrazone groups is 1. The van der Waals surface area contributed by atoms with E-state index in [0.717, 1.165) is 40.8 Å². The third-order valence-corrected chi connectivity index (χ3v) is 8.50. The van der Waals surface area contributed by atoms with Crippen LogP contribution in [0.25, 0.3) is 17.0 Å². The molecule has 0 N–H and O–H groups in total. The molecule has 1 aliphatic heterocycles. The molecular formula is C28H24N2O4S2. The summed E-state index contributed by atoms with van der Waals surface area (Å²) in [5, 5.41) is 11.5. The van der Waals surface area contributed by atoms with E-state index in [0.29, 0.717) is 11.3 Å². The fraction of sp³-hybridized carbons (Fsp3) is 0.250. The second kappa shape index (κ2) is 9.52.